The van der Waals surface area contributed by atoms with Crippen LogP contribution < -0.4 is 14.8 Å². The van der Waals surface area contributed by atoms with Gasteiger partial charge in [-0.2, -0.15) is 0 Å². The second kappa shape index (κ2) is 6.37. The smallest absolute Gasteiger partial charge is 0.174 e. The summed E-state index contributed by atoms with van der Waals surface area (Å²) in [4.78, 5) is 0. The standard InChI is InChI=1S/C20H19BrFNO2/c1-24-17-10-11(9-15(21)20(17)25-2)18-13-6-3-5-12(13)14-7-4-8-16(22)19(14)23-18/h3-5,7-10,12-13,18,23H,6H2,1-2H3/t12-,13-,18+/m0/s1. The van der Waals surface area contributed by atoms with Gasteiger partial charge in [-0.25, -0.2) is 4.39 Å². The number of benzene rings is 2. The molecule has 0 aromatic heterocycles. The first kappa shape index (κ1) is 16.5. The number of methoxy groups -OCH3 is 2. The lowest BCUT2D eigenvalue weighted by Gasteiger charge is -2.37. The highest BCUT2D eigenvalue weighted by Gasteiger charge is 2.39. The summed E-state index contributed by atoms with van der Waals surface area (Å²) < 4.78 is 26.1. The molecule has 0 spiro atoms. The highest BCUT2D eigenvalue weighted by molar-refractivity contribution is 9.10. The van der Waals surface area contributed by atoms with Gasteiger partial charge in [0, 0.05) is 5.92 Å². The van der Waals surface area contributed by atoms with Crippen molar-refractivity contribution in [3.05, 3.63) is 63.9 Å². The van der Waals surface area contributed by atoms with E-state index < -0.39 is 0 Å². The minimum Gasteiger partial charge on any atom is -0.493 e. The van der Waals surface area contributed by atoms with Crippen LogP contribution in [0.5, 0.6) is 11.5 Å². The Balaban J connectivity index is 1.82. The Labute approximate surface area is 155 Å². The summed E-state index contributed by atoms with van der Waals surface area (Å²) in [7, 11) is 3.24. The fourth-order valence-corrected chi connectivity index (χ4v) is 4.65. The Bertz CT molecular complexity index is 852. The summed E-state index contributed by atoms with van der Waals surface area (Å²) in [6.07, 6.45) is 5.36. The molecular weight excluding hydrogens is 385 g/mol. The van der Waals surface area contributed by atoms with Crippen molar-refractivity contribution in [3.8, 4) is 11.5 Å². The maximum absolute atomic E-state index is 14.4. The zero-order chi connectivity index (χ0) is 17.6. The van der Waals surface area contributed by atoms with E-state index in [-0.39, 0.29) is 17.8 Å². The maximum atomic E-state index is 14.4. The molecule has 0 radical (unpaired) electrons. The first-order valence-corrected chi connectivity index (χ1v) is 9.06. The third-order valence-electron chi connectivity index (χ3n) is 5.16. The average Bonchev–Trinajstić information content (AvgIpc) is 3.10. The maximum Gasteiger partial charge on any atom is 0.174 e. The summed E-state index contributed by atoms with van der Waals surface area (Å²) in [6, 6.07) is 9.31. The number of ether oxygens (including phenoxy) is 2. The second-order valence-corrected chi connectivity index (χ2v) is 7.27. The molecule has 2 aromatic rings. The summed E-state index contributed by atoms with van der Waals surface area (Å²) in [5, 5.41) is 3.44. The van der Waals surface area contributed by atoms with Gasteiger partial charge in [-0.1, -0.05) is 24.3 Å². The zero-order valence-corrected chi connectivity index (χ0v) is 15.6. The van der Waals surface area contributed by atoms with Gasteiger partial charge < -0.3 is 14.8 Å². The number of allylic oxidation sites excluding steroid dienone is 2. The Kier molecular flexibility index (Phi) is 4.20. The Morgan fingerprint density at radius 3 is 2.80 bits per heavy atom. The van der Waals surface area contributed by atoms with E-state index in [9.17, 15) is 4.39 Å². The van der Waals surface area contributed by atoms with Crippen molar-refractivity contribution >= 4 is 21.6 Å². The predicted octanol–water partition coefficient (Wildman–Crippen LogP) is 5.43. The van der Waals surface area contributed by atoms with Crippen LogP contribution in [0.3, 0.4) is 0 Å². The van der Waals surface area contributed by atoms with E-state index >= 15 is 0 Å². The molecule has 0 saturated heterocycles. The third-order valence-corrected chi connectivity index (χ3v) is 5.75. The van der Waals surface area contributed by atoms with Gasteiger partial charge in [-0.05, 0) is 57.6 Å². The molecule has 0 amide bonds. The van der Waals surface area contributed by atoms with E-state index in [1.807, 2.05) is 18.2 Å². The Hall–Kier alpha value is -2.01. The van der Waals surface area contributed by atoms with Crippen LogP contribution in [0.2, 0.25) is 0 Å². The SMILES string of the molecule is COc1cc([C@H]2Nc3c(F)cccc3[C@H]3C=CC[C@@H]32)cc(Br)c1OC. The minimum atomic E-state index is -0.208. The topological polar surface area (TPSA) is 30.5 Å². The molecular formula is C20H19BrFNO2. The molecule has 4 rings (SSSR count). The lowest BCUT2D eigenvalue weighted by molar-refractivity contribution is 0.351. The van der Waals surface area contributed by atoms with Gasteiger partial charge >= 0.3 is 0 Å². The highest BCUT2D eigenvalue weighted by atomic mass is 79.9. The van der Waals surface area contributed by atoms with Gasteiger partial charge in [0.25, 0.3) is 0 Å². The van der Waals surface area contributed by atoms with Gasteiger partial charge in [0.05, 0.1) is 30.4 Å². The molecule has 1 aliphatic carbocycles. The van der Waals surface area contributed by atoms with Crippen LogP contribution in [0.4, 0.5) is 10.1 Å². The molecule has 2 aromatic carbocycles. The third kappa shape index (κ3) is 2.61. The fraction of sp³-hybridized carbons (Fsp3) is 0.300. The van der Waals surface area contributed by atoms with Crippen LogP contribution in [-0.4, -0.2) is 14.2 Å². The molecule has 1 heterocycles. The van der Waals surface area contributed by atoms with Crippen molar-refractivity contribution in [1.82, 2.24) is 0 Å². The largest absolute Gasteiger partial charge is 0.493 e. The predicted molar refractivity (Wildman–Crippen MR) is 100.0 cm³/mol. The van der Waals surface area contributed by atoms with Crippen molar-refractivity contribution in [2.75, 3.05) is 19.5 Å². The van der Waals surface area contributed by atoms with Gasteiger partial charge in [0.15, 0.2) is 11.5 Å². The number of fused-ring (bicyclic) bond motifs is 3. The number of anilines is 1. The summed E-state index contributed by atoms with van der Waals surface area (Å²) in [5.74, 6) is 1.69. The van der Waals surface area contributed by atoms with Gasteiger partial charge in [-0.15, -0.1) is 0 Å². The van der Waals surface area contributed by atoms with Gasteiger partial charge in [0.2, 0.25) is 0 Å². The number of nitrogens with one attached hydrogen (secondary N) is 1. The molecule has 130 valence electrons. The van der Waals surface area contributed by atoms with Crippen LogP contribution in [0.15, 0.2) is 47.0 Å². The summed E-state index contributed by atoms with van der Waals surface area (Å²) >= 11 is 3.56. The van der Waals surface area contributed by atoms with Crippen molar-refractivity contribution < 1.29 is 13.9 Å². The first-order valence-electron chi connectivity index (χ1n) is 8.27. The summed E-state index contributed by atoms with van der Waals surface area (Å²) in [5.41, 5.74) is 2.69. The van der Waals surface area contributed by atoms with Crippen LogP contribution in [0.1, 0.15) is 29.5 Å². The molecule has 2 aliphatic rings. The second-order valence-electron chi connectivity index (χ2n) is 6.42. The number of hydrogen-bond donors (Lipinski definition) is 1. The molecule has 5 heteroatoms. The van der Waals surface area contributed by atoms with Crippen LogP contribution in [-0.2, 0) is 0 Å². The monoisotopic (exact) mass is 403 g/mol. The van der Waals surface area contributed by atoms with E-state index in [1.165, 1.54) is 6.07 Å². The van der Waals surface area contributed by atoms with E-state index in [0.29, 0.717) is 23.1 Å². The van der Waals surface area contributed by atoms with Crippen molar-refractivity contribution in [2.24, 2.45) is 5.92 Å². The summed E-state index contributed by atoms with van der Waals surface area (Å²) in [6.45, 7) is 0. The number of hydrogen-bond acceptors (Lipinski definition) is 3. The molecule has 1 aliphatic heterocycles. The van der Waals surface area contributed by atoms with E-state index in [4.69, 9.17) is 9.47 Å². The van der Waals surface area contributed by atoms with Gasteiger partial charge in [0.1, 0.15) is 5.82 Å². The Morgan fingerprint density at radius 1 is 1.20 bits per heavy atom. The average molecular weight is 404 g/mol. The number of rotatable bonds is 3. The molecule has 0 saturated carbocycles. The highest BCUT2D eigenvalue weighted by Crippen LogP contribution is 2.51. The minimum absolute atomic E-state index is 0.000469. The molecule has 3 atom stereocenters. The van der Waals surface area contributed by atoms with E-state index in [2.05, 4.69) is 33.4 Å². The Morgan fingerprint density at radius 2 is 2.04 bits per heavy atom. The normalized spacial score (nSPS) is 23.6. The van der Waals surface area contributed by atoms with Crippen molar-refractivity contribution in [3.63, 3.8) is 0 Å². The van der Waals surface area contributed by atoms with E-state index in [0.717, 1.165) is 22.0 Å². The number of para-hydroxylation sites is 1. The van der Waals surface area contributed by atoms with Crippen molar-refractivity contribution in [2.45, 2.75) is 18.4 Å². The molecule has 1 N–H and O–H groups in total. The lowest BCUT2D eigenvalue weighted by Crippen LogP contribution is -2.29. The quantitative estimate of drug-likeness (QED) is 0.692. The van der Waals surface area contributed by atoms with Crippen LogP contribution in [0.25, 0.3) is 0 Å². The molecule has 0 fully saturated rings. The number of halogens is 2. The molecule has 25 heavy (non-hydrogen) atoms. The van der Waals surface area contributed by atoms with Gasteiger partial charge in [-0.3, -0.25) is 0 Å². The first-order chi connectivity index (χ1) is 12.1. The molecule has 0 unspecified atom stereocenters. The van der Waals surface area contributed by atoms with Crippen molar-refractivity contribution in [1.29, 1.82) is 0 Å². The molecule has 3 nitrogen and oxygen atoms in total. The fourth-order valence-electron chi connectivity index (χ4n) is 4.03. The van der Waals surface area contributed by atoms with E-state index in [1.54, 1.807) is 20.3 Å². The van der Waals surface area contributed by atoms with Crippen LogP contribution in [0, 0.1) is 11.7 Å². The zero-order valence-electron chi connectivity index (χ0n) is 14.1. The lowest BCUT2D eigenvalue weighted by atomic mass is 9.77. The molecule has 0 bridgehead atoms. The van der Waals surface area contributed by atoms with Crippen LogP contribution >= 0.6 is 15.9 Å².